The van der Waals surface area contributed by atoms with Crippen molar-refractivity contribution in [2.24, 2.45) is 5.41 Å². The quantitative estimate of drug-likeness (QED) is 0.895. The minimum Gasteiger partial charge on any atom is -0.354 e. The Labute approximate surface area is 114 Å². The largest absolute Gasteiger partial charge is 0.354 e. The Bertz CT molecular complexity index is 549. The number of aromatic nitrogens is 2. The molecule has 4 nitrogen and oxygen atoms in total. The molecule has 0 unspecified atom stereocenters. The Hall–Kier alpha value is -1.68. The van der Waals surface area contributed by atoms with Gasteiger partial charge in [-0.1, -0.05) is 32.0 Å². The number of hydrogen-bond donors (Lipinski definition) is 1. The van der Waals surface area contributed by atoms with E-state index < -0.39 is 0 Å². The van der Waals surface area contributed by atoms with Crippen molar-refractivity contribution in [2.45, 2.75) is 13.8 Å². The molecule has 0 aliphatic rings. The van der Waals surface area contributed by atoms with Crippen LogP contribution in [0.5, 0.6) is 0 Å². The molecule has 1 aromatic heterocycles. The summed E-state index contributed by atoms with van der Waals surface area (Å²) < 4.78 is 0. The topological polar surface area (TPSA) is 41.0 Å². The highest BCUT2D eigenvalue weighted by molar-refractivity contribution is 5.78. The Morgan fingerprint density at radius 1 is 1.21 bits per heavy atom. The number of nitrogens with zero attached hydrogens (tertiary/aromatic N) is 3. The monoisotopic (exact) mass is 258 g/mol. The smallest absolute Gasteiger partial charge is 0.223 e. The van der Waals surface area contributed by atoms with E-state index in [0.29, 0.717) is 5.95 Å². The van der Waals surface area contributed by atoms with Gasteiger partial charge in [0.25, 0.3) is 0 Å². The third-order valence-corrected chi connectivity index (χ3v) is 2.96. The Morgan fingerprint density at radius 2 is 1.95 bits per heavy atom. The molecule has 0 bridgehead atoms. The van der Waals surface area contributed by atoms with Crippen LogP contribution in [0.2, 0.25) is 0 Å². The van der Waals surface area contributed by atoms with E-state index >= 15 is 0 Å². The molecule has 1 aromatic carbocycles. The van der Waals surface area contributed by atoms with Gasteiger partial charge in [0, 0.05) is 24.7 Å². The number of fused-ring (bicyclic) bond motifs is 1. The van der Waals surface area contributed by atoms with E-state index in [1.54, 1.807) is 0 Å². The van der Waals surface area contributed by atoms with Crippen LogP contribution < -0.4 is 5.32 Å². The van der Waals surface area contributed by atoms with Crippen LogP contribution in [0.3, 0.4) is 0 Å². The molecule has 19 heavy (non-hydrogen) atoms. The van der Waals surface area contributed by atoms with E-state index in [2.05, 4.69) is 48.1 Å². The molecule has 0 atom stereocenters. The maximum atomic E-state index is 4.52. The summed E-state index contributed by atoms with van der Waals surface area (Å²) in [6, 6.07) is 8.02. The van der Waals surface area contributed by atoms with Crippen LogP contribution in [0.25, 0.3) is 10.9 Å². The zero-order chi connectivity index (χ0) is 13.9. The van der Waals surface area contributed by atoms with E-state index in [9.17, 15) is 0 Å². The van der Waals surface area contributed by atoms with Gasteiger partial charge < -0.3 is 10.2 Å². The lowest BCUT2D eigenvalue weighted by Crippen LogP contribution is -2.34. The maximum Gasteiger partial charge on any atom is 0.223 e. The van der Waals surface area contributed by atoms with Crippen molar-refractivity contribution in [3.05, 3.63) is 30.5 Å². The fourth-order valence-corrected chi connectivity index (χ4v) is 2.29. The van der Waals surface area contributed by atoms with Crippen molar-refractivity contribution in [3.8, 4) is 0 Å². The Balaban J connectivity index is 2.05. The second kappa shape index (κ2) is 5.53. The van der Waals surface area contributed by atoms with E-state index in [1.165, 1.54) is 0 Å². The standard InChI is InChI=1S/C15H22N4/c1-15(2,11-19(3)4)10-17-14-16-9-12-7-5-6-8-13(12)18-14/h5-9H,10-11H2,1-4H3,(H,16,17,18). The lowest BCUT2D eigenvalue weighted by molar-refractivity contribution is 0.254. The average molecular weight is 258 g/mol. The molecule has 0 amide bonds. The first kappa shape index (κ1) is 13.7. The second-order valence-electron chi connectivity index (χ2n) is 6.01. The van der Waals surface area contributed by atoms with Crippen molar-refractivity contribution in [1.82, 2.24) is 14.9 Å². The molecular weight excluding hydrogens is 236 g/mol. The summed E-state index contributed by atoms with van der Waals surface area (Å²) >= 11 is 0. The van der Waals surface area contributed by atoms with Crippen LogP contribution in [0, 0.1) is 5.41 Å². The molecule has 0 fully saturated rings. The van der Waals surface area contributed by atoms with Crippen molar-refractivity contribution in [1.29, 1.82) is 0 Å². The third kappa shape index (κ3) is 3.89. The van der Waals surface area contributed by atoms with E-state index in [4.69, 9.17) is 0 Å². The zero-order valence-corrected chi connectivity index (χ0v) is 12.1. The molecule has 102 valence electrons. The van der Waals surface area contributed by atoms with Crippen molar-refractivity contribution >= 4 is 16.9 Å². The lowest BCUT2D eigenvalue weighted by Gasteiger charge is -2.28. The molecule has 4 heteroatoms. The molecule has 0 spiro atoms. The van der Waals surface area contributed by atoms with Crippen LogP contribution in [-0.2, 0) is 0 Å². The number of nitrogens with one attached hydrogen (secondary N) is 1. The van der Waals surface area contributed by atoms with Gasteiger partial charge in [-0.15, -0.1) is 0 Å². The predicted molar refractivity (Wildman–Crippen MR) is 80.4 cm³/mol. The van der Waals surface area contributed by atoms with Gasteiger partial charge in [0.1, 0.15) is 0 Å². The van der Waals surface area contributed by atoms with Crippen LogP contribution in [0.15, 0.2) is 30.5 Å². The average Bonchev–Trinajstić information content (AvgIpc) is 2.35. The van der Waals surface area contributed by atoms with Gasteiger partial charge >= 0.3 is 0 Å². The number of benzene rings is 1. The molecule has 1 heterocycles. The molecule has 0 aliphatic carbocycles. The first-order valence-corrected chi connectivity index (χ1v) is 6.57. The Morgan fingerprint density at radius 3 is 2.68 bits per heavy atom. The van der Waals surface area contributed by atoms with Crippen LogP contribution in [-0.4, -0.2) is 42.1 Å². The lowest BCUT2D eigenvalue weighted by atomic mass is 9.93. The van der Waals surface area contributed by atoms with Gasteiger partial charge in [-0.2, -0.15) is 0 Å². The van der Waals surface area contributed by atoms with Crippen LogP contribution in [0.4, 0.5) is 5.95 Å². The van der Waals surface area contributed by atoms with Gasteiger partial charge in [-0.25, -0.2) is 9.97 Å². The number of anilines is 1. The zero-order valence-electron chi connectivity index (χ0n) is 12.1. The first-order valence-electron chi connectivity index (χ1n) is 6.57. The summed E-state index contributed by atoms with van der Waals surface area (Å²) in [4.78, 5) is 11.1. The summed E-state index contributed by atoms with van der Waals surface area (Å²) in [7, 11) is 4.18. The number of hydrogen-bond acceptors (Lipinski definition) is 4. The number of rotatable bonds is 5. The Kier molecular flexibility index (Phi) is 4.00. The van der Waals surface area contributed by atoms with Crippen molar-refractivity contribution in [3.63, 3.8) is 0 Å². The SMILES string of the molecule is CN(C)CC(C)(C)CNc1ncc2ccccc2n1. The van der Waals surface area contributed by atoms with Crippen LogP contribution >= 0.6 is 0 Å². The molecule has 1 N–H and O–H groups in total. The van der Waals surface area contributed by atoms with E-state index in [1.807, 2.05) is 30.5 Å². The highest BCUT2D eigenvalue weighted by Crippen LogP contribution is 2.17. The highest BCUT2D eigenvalue weighted by atomic mass is 15.1. The van der Waals surface area contributed by atoms with Crippen molar-refractivity contribution < 1.29 is 0 Å². The van der Waals surface area contributed by atoms with Gasteiger partial charge in [-0.3, -0.25) is 0 Å². The van der Waals surface area contributed by atoms with E-state index in [-0.39, 0.29) is 5.41 Å². The summed E-state index contributed by atoms with van der Waals surface area (Å²) in [5, 5.41) is 4.40. The maximum absolute atomic E-state index is 4.52. The summed E-state index contributed by atoms with van der Waals surface area (Å²) in [5.74, 6) is 0.700. The minimum atomic E-state index is 0.179. The molecule has 2 aromatic rings. The van der Waals surface area contributed by atoms with Gasteiger partial charge in [0.2, 0.25) is 5.95 Å². The van der Waals surface area contributed by atoms with E-state index in [0.717, 1.165) is 24.0 Å². The fraction of sp³-hybridized carbons (Fsp3) is 0.467. The molecule has 0 aliphatic heterocycles. The molecular formula is C15H22N4. The number of para-hydroxylation sites is 1. The minimum absolute atomic E-state index is 0.179. The highest BCUT2D eigenvalue weighted by Gasteiger charge is 2.18. The van der Waals surface area contributed by atoms with Gasteiger partial charge in [0.15, 0.2) is 0 Å². The second-order valence-corrected chi connectivity index (χ2v) is 6.01. The molecule has 2 rings (SSSR count). The normalized spacial score (nSPS) is 12.1. The summed E-state index contributed by atoms with van der Waals surface area (Å²) in [6.45, 7) is 6.35. The molecule has 0 radical (unpaired) electrons. The third-order valence-electron chi connectivity index (χ3n) is 2.96. The molecule has 0 saturated heterocycles. The van der Waals surface area contributed by atoms with Crippen LogP contribution in [0.1, 0.15) is 13.8 Å². The first-order chi connectivity index (χ1) is 8.96. The van der Waals surface area contributed by atoms with Crippen molar-refractivity contribution in [2.75, 3.05) is 32.5 Å². The van der Waals surface area contributed by atoms with Gasteiger partial charge in [0.05, 0.1) is 5.52 Å². The summed E-state index contributed by atoms with van der Waals surface area (Å²) in [6.07, 6.45) is 1.86. The van der Waals surface area contributed by atoms with Gasteiger partial charge in [-0.05, 0) is 25.6 Å². The fourth-order valence-electron chi connectivity index (χ4n) is 2.29. The predicted octanol–water partition coefficient (Wildman–Crippen LogP) is 2.63. The summed E-state index contributed by atoms with van der Waals surface area (Å²) in [5.41, 5.74) is 1.16. The molecule has 0 saturated carbocycles.